The van der Waals surface area contributed by atoms with Gasteiger partial charge in [0.15, 0.2) is 5.16 Å². The highest BCUT2D eigenvalue weighted by Crippen LogP contribution is 2.27. The molecule has 0 aliphatic carbocycles. The Morgan fingerprint density at radius 1 is 1.35 bits per heavy atom. The summed E-state index contributed by atoms with van der Waals surface area (Å²) in [6.45, 7) is 3.67. The number of aryl methyl sites for hydroxylation is 1. The molecular formula is C13H16N4O2S. The van der Waals surface area contributed by atoms with Crippen LogP contribution >= 0.6 is 11.8 Å². The van der Waals surface area contributed by atoms with Crippen molar-refractivity contribution in [3.8, 4) is 0 Å². The quantitative estimate of drug-likeness (QED) is 0.794. The largest absolute Gasteiger partial charge is 0.339 e. The number of rotatable bonds is 5. The van der Waals surface area contributed by atoms with Gasteiger partial charge in [-0.3, -0.25) is 19.4 Å². The Balaban J connectivity index is 2.33. The van der Waals surface area contributed by atoms with Crippen LogP contribution in [0.2, 0.25) is 0 Å². The van der Waals surface area contributed by atoms with E-state index in [9.17, 15) is 9.59 Å². The minimum absolute atomic E-state index is 0.457. The zero-order valence-corrected chi connectivity index (χ0v) is 12.2. The molecule has 0 atom stereocenters. The minimum atomic E-state index is -0.769. The molecule has 0 aliphatic rings. The van der Waals surface area contributed by atoms with E-state index >= 15 is 0 Å². The normalized spacial score (nSPS) is 10.7. The molecule has 0 unspecified atom stereocenters. The molecular weight excluding hydrogens is 276 g/mol. The Morgan fingerprint density at radius 3 is 2.85 bits per heavy atom. The standard InChI is InChI=1S/C13H16N4O2S/c1-3-14-8-9-6-4-5-7-10(9)20-13-15-11(18)12(19)16-17(13)2/h4-7,14H,3,8H2,1-2H3,(H,16,19). The summed E-state index contributed by atoms with van der Waals surface area (Å²) in [5, 5.41) is 6.16. The Labute approximate surface area is 120 Å². The molecule has 0 bridgehead atoms. The average molecular weight is 292 g/mol. The summed E-state index contributed by atoms with van der Waals surface area (Å²) in [5.74, 6) is 0. The molecule has 2 rings (SSSR count). The average Bonchev–Trinajstić information content (AvgIpc) is 2.44. The van der Waals surface area contributed by atoms with Gasteiger partial charge in [0.25, 0.3) is 0 Å². The van der Waals surface area contributed by atoms with E-state index in [1.165, 1.54) is 16.4 Å². The second kappa shape index (κ2) is 6.53. The van der Waals surface area contributed by atoms with Gasteiger partial charge in [-0.15, -0.1) is 0 Å². The zero-order valence-electron chi connectivity index (χ0n) is 11.3. The van der Waals surface area contributed by atoms with Gasteiger partial charge in [-0.2, -0.15) is 4.98 Å². The van der Waals surface area contributed by atoms with Crippen LogP contribution in [0.25, 0.3) is 0 Å². The summed E-state index contributed by atoms with van der Waals surface area (Å²) in [4.78, 5) is 27.3. The van der Waals surface area contributed by atoms with Crippen LogP contribution in [-0.4, -0.2) is 21.3 Å². The van der Waals surface area contributed by atoms with E-state index in [1.54, 1.807) is 7.05 Å². The maximum absolute atomic E-state index is 11.3. The summed E-state index contributed by atoms with van der Waals surface area (Å²) in [7, 11) is 1.66. The number of benzene rings is 1. The van der Waals surface area contributed by atoms with Gasteiger partial charge < -0.3 is 5.32 Å². The third kappa shape index (κ3) is 3.37. The summed E-state index contributed by atoms with van der Waals surface area (Å²) in [6, 6.07) is 7.89. The lowest BCUT2D eigenvalue weighted by Crippen LogP contribution is -2.33. The lowest BCUT2D eigenvalue weighted by atomic mass is 10.2. The fourth-order valence-electron chi connectivity index (χ4n) is 1.66. The Morgan fingerprint density at radius 2 is 2.10 bits per heavy atom. The number of hydrogen-bond donors (Lipinski definition) is 2. The molecule has 2 aromatic rings. The van der Waals surface area contributed by atoms with E-state index in [0.29, 0.717) is 5.16 Å². The fraction of sp³-hybridized carbons (Fsp3) is 0.308. The van der Waals surface area contributed by atoms with E-state index in [0.717, 1.165) is 23.5 Å². The summed E-state index contributed by atoms with van der Waals surface area (Å²) >= 11 is 1.36. The zero-order chi connectivity index (χ0) is 14.5. The molecule has 106 valence electrons. The van der Waals surface area contributed by atoms with E-state index < -0.39 is 11.1 Å². The molecule has 0 aliphatic heterocycles. The molecule has 1 heterocycles. The second-order valence-electron chi connectivity index (χ2n) is 4.19. The first-order valence-corrected chi connectivity index (χ1v) is 7.07. The lowest BCUT2D eigenvalue weighted by Gasteiger charge is -2.10. The van der Waals surface area contributed by atoms with Crippen molar-refractivity contribution in [1.82, 2.24) is 20.1 Å². The molecule has 0 saturated carbocycles. The van der Waals surface area contributed by atoms with Crippen LogP contribution < -0.4 is 16.4 Å². The SMILES string of the molecule is CCNCc1ccccc1Sc1nc(=O)c(=O)[nH]n1C. The molecule has 0 radical (unpaired) electrons. The van der Waals surface area contributed by atoms with Crippen molar-refractivity contribution in [3.05, 3.63) is 50.5 Å². The second-order valence-corrected chi connectivity index (χ2v) is 5.20. The van der Waals surface area contributed by atoms with Gasteiger partial charge >= 0.3 is 11.1 Å². The van der Waals surface area contributed by atoms with Crippen molar-refractivity contribution in [2.45, 2.75) is 23.5 Å². The third-order valence-electron chi connectivity index (χ3n) is 2.69. The molecule has 0 amide bonds. The number of hydrogen-bond acceptors (Lipinski definition) is 5. The Kier molecular flexibility index (Phi) is 4.75. The van der Waals surface area contributed by atoms with Crippen LogP contribution in [0.3, 0.4) is 0 Å². The number of aromatic nitrogens is 3. The summed E-state index contributed by atoms with van der Waals surface area (Å²) in [6.07, 6.45) is 0. The fourth-order valence-corrected chi connectivity index (χ4v) is 2.59. The van der Waals surface area contributed by atoms with Crippen LogP contribution in [-0.2, 0) is 13.6 Å². The van der Waals surface area contributed by atoms with Crippen molar-refractivity contribution in [2.24, 2.45) is 7.05 Å². The predicted molar refractivity (Wildman–Crippen MR) is 78.0 cm³/mol. The number of aromatic amines is 1. The smallest absolute Gasteiger partial charge is 0.313 e. The third-order valence-corrected chi connectivity index (χ3v) is 3.85. The van der Waals surface area contributed by atoms with Crippen molar-refractivity contribution < 1.29 is 0 Å². The highest BCUT2D eigenvalue weighted by molar-refractivity contribution is 7.99. The summed E-state index contributed by atoms with van der Waals surface area (Å²) in [5.41, 5.74) is -0.354. The van der Waals surface area contributed by atoms with Gasteiger partial charge in [0.1, 0.15) is 0 Å². The van der Waals surface area contributed by atoms with E-state index in [2.05, 4.69) is 15.4 Å². The van der Waals surface area contributed by atoms with Crippen LogP contribution in [0.5, 0.6) is 0 Å². The maximum atomic E-state index is 11.3. The Bertz CT molecular complexity index is 708. The predicted octanol–water partition coefficient (Wildman–Crippen LogP) is 0.729. The van der Waals surface area contributed by atoms with Crippen molar-refractivity contribution in [2.75, 3.05) is 6.54 Å². The summed E-state index contributed by atoms with van der Waals surface area (Å²) < 4.78 is 1.46. The van der Waals surface area contributed by atoms with Crippen LogP contribution in [0, 0.1) is 0 Å². The highest BCUT2D eigenvalue weighted by Gasteiger charge is 2.09. The monoisotopic (exact) mass is 292 g/mol. The molecule has 1 aromatic carbocycles. The van der Waals surface area contributed by atoms with Gasteiger partial charge in [0.2, 0.25) is 0 Å². The van der Waals surface area contributed by atoms with Gasteiger partial charge in [0.05, 0.1) is 0 Å². The molecule has 1 aromatic heterocycles. The molecule has 6 nitrogen and oxygen atoms in total. The van der Waals surface area contributed by atoms with E-state index in [-0.39, 0.29) is 0 Å². The van der Waals surface area contributed by atoms with Gasteiger partial charge in [-0.1, -0.05) is 25.1 Å². The van der Waals surface area contributed by atoms with Gasteiger partial charge in [0, 0.05) is 18.5 Å². The van der Waals surface area contributed by atoms with Gasteiger partial charge in [-0.05, 0) is 29.9 Å². The van der Waals surface area contributed by atoms with E-state index in [1.807, 2.05) is 31.2 Å². The Hall–Kier alpha value is -1.86. The molecule has 0 spiro atoms. The molecule has 0 saturated heterocycles. The molecule has 2 N–H and O–H groups in total. The highest BCUT2D eigenvalue weighted by atomic mass is 32.2. The van der Waals surface area contributed by atoms with Crippen molar-refractivity contribution >= 4 is 11.8 Å². The maximum Gasteiger partial charge on any atom is 0.339 e. The molecule has 0 fully saturated rings. The van der Waals surface area contributed by atoms with E-state index in [4.69, 9.17) is 0 Å². The topological polar surface area (TPSA) is 79.8 Å². The van der Waals surface area contributed by atoms with Crippen LogP contribution in [0.4, 0.5) is 0 Å². The molecule has 7 heteroatoms. The lowest BCUT2D eigenvalue weighted by molar-refractivity contribution is 0.596. The van der Waals surface area contributed by atoms with Crippen molar-refractivity contribution in [3.63, 3.8) is 0 Å². The molecule has 20 heavy (non-hydrogen) atoms. The van der Waals surface area contributed by atoms with Crippen LogP contribution in [0.1, 0.15) is 12.5 Å². The number of nitrogens with one attached hydrogen (secondary N) is 2. The van der Waals surface area contributed by atoms with Crippen molar-refractivity contribution in [1.29, 1.82) is 0 Å². The number of nitrogens with zero attached hydrogens (tertiary/aromatic N) is 2. The first-order chi connectivity index (χ1) is 9.61. The number of H-pyrrole nitrogens is 1. The first-order valence-electron chi connectivity index (χ1n) is 6.25. The van der Waals surface area contributed by atoms with Crippen LogP contribution in [0.15, 0.2) is 43.9 Å². The van der Waals surface area contributed by atoms with Gasteiger partial charge in [-0.25, -0.2) is 0 Å². The first kappa shape index (κ1) is 14.5. The minimum Gasteiger partial charge on any atom is -0.313 e.